The van der Waals surface area contributed by atoms with Gasteiger partial charge >= 0.3 is 6.18 Å². The SMILES string of the molecule is CNCCNC(=O)c1cccc(C(F)(F)F)c1F.Cl. The minimum Gasteiger partial charge on any atom is -0.351 e. The van der Waals surface area contributed by atoms with E-state index in [1.54, 1.807) is 7.05 Å². The number of alkyl halides is 3. The third kappa shape index (κ3) is 4.68. The van der Waals surface area contributed by atoms with E-state index in [9.17, 15) is 22.4 Å². The van der Waals surface area contributed by atoms with E-state index < -0.39 is 29.0 Å². The van der Waals surface area contributed by atoms with Crippen molar-refractivity contribution in [2.24, 2.45) is 0 Å². The van der Waals surface area contributed by atoms with E-state index >= 15 is 0 Å². The van der Waals surface area contributed by atoms with Crippen molar-refractivity contribution in [3.05, 3.63) is 35.1 Å². The number of hydrogen-bond donors (Lipinski definition) is 2. The molecule has 0 aliphatic carbocycles. The Morgan fingerprint density at radius 3 is 2.42 bits per heavy atom. The van der Waals surface area contributed by atoms with Crippen molar-refractivity contribution in [3.8, 4) is 0 Å². The van der Waals surface area contributed by atoms with Crippen LogP contribution in [0.2, 0.25) is 0 Å². The molecule has 0 saturated heterocycles. The van der Waals surface area contributed by atoms with Crippen LogP contribution in [0.4, 0.5) is 17.6 Å². The highest BCUT2D eigenvalue weighted by Gasteiger charge is 2.35. The van der Waals surface area contributed by atoms with Crippen molar-refractivity contribution >= 4 is 18.3 Å². The minimum atomic E-state index is -4.81. The zero-order valence-electron chi connectivity index (χ0n) is 9.97. The van der Waals surface area contributed by atoms with E-state index in [0.717, 1.165) is 12.1 Å². The lowest BCUT2D eigenvalue weighted by Crippen LogP contribution is -2.31. The van der Waals surface area contributed by atoms with Gasteiger partial charge < -0.3 is 10.6 Å². The lowest BCUT2D eigenvalue weighted by atomic mass is 10.1. The van der Waals surface area contributed by atoms with Crippen LogP contribution in [0.25, 0.3) is 0 Å². The Bertz CT molecular complexity index is 437. The van der Waals surface area contributed by atoms with Crippen molar-refractivity contribution in [3.63, 3.8) is 0 Å². The molecule has 1 aromatic carbocycles. The van der Waals surface area contributed by atoms with Crippen LogP contribution < -0.4 is 10.6 Å². The first-order chi connectivity index (χ1) is 8.38. The fourth-order valence-corrected chi connectivity index (χ4v) is 1.32. The van der Waals surface area contributed by atoms with Crippen LogP contribution in [-0.2, 0) is 6.18 Å². The maximum absolute atomic E-state index is 13.5. The van der Waals surface area contributed by atoms with E-state index in [0.29, 0.717) is 12.6 Å². The summed E-state index contributed by atoms with van der Waals surface area (Å²) >= 11 is 0. The number of halogens is 5. The average molecular weight is 301 g/mol. The molecule has 0 saturated carbocycles. The van der Waals surface area contributed by atoms with Gasteiger partial charge in [-0.3, -0.25) is 4.79 Å². The molecule has 0 fully saturated rings. The molecule has 0 aromatic heterocycles. The summed E-state index contributed by atoms with van der Waals surface area (Å²) in [5.74, 6) is -2.42. The van der Waals surface area contributed by atoms with Gasteiger partial charge in [0.15, 0.2) is 0 Å². The fraction of sp³-hybridized carbons (Fsp3) is 0.364. The van der Waals surface area contributed by atoms with E-state index in [1.807, 2.05) is 0 Å². The number of carbonyl (C=O) groups excluding carboxylic acids is 1. The quantitative estimate of drug-likeness (QED) is 0.661. The Morgan fingerprint density at radius 2 is 1.89 bits per heavy atom. The minimum absolute atomic E-state index is 0. The van der Waals surface area contributed by atoms with Gasteiger partial charge in [0.05, 0.1) is 11.1 Å². The van der Waals surface area contributed by atoms with Crippen LogP contribution in [0.5, 0.6) is 0 Å². The zero-order valence-corrected chi connectivity index (χ0v) is 10.8. The van der Waals surface area contributed by atoms with Crippen LogP contribution >= 0.6 is 12.4 Å². The van der Waals surface area contributed by atoms with Gasteiger partial charge in [-0.15, -0.1) is 12.4 Å². The predicted octanol–water partition coefficient (Wildman–Crippen LogP) is 2.22. The molecular formula is C11H13ClF4N2O. The van der Waals surface area contributed by atoms with Gasteiger partial charge in [0.2, 0.25) is 0 Å². The Hall–Kier alpha value is -1.34. The largest absolute Gasteiger partial charge is 0.419 e. The number of rotatable bonds is 4. The first-order valence-electron chi connectivity index (χ1n) is 5.16. The van der Waals surface area contributed by atoms with Gasteiger partial charge in [0, 0.05) is 13.1 Å². The maximum atomic E-state index is 13.5. The maximum Gasteiger partial charge on any atom is 0.419 e. The predicted molar refractivity (Wildman–Crippen MR) is 64.9 cm³/mol. The fourth-order valence-electron chi connectivity index (χ4n) is 1.32. The van der Waals surface area contributed by atoms with Gasteiger partial charge in [-0.2, -0.15) is 13.2 Å². The standard InChI is InChI=1S/C11H12F4N2O.ClH/c1-16-5-6-17-10(18)7-3-2-4-8(9(7)12)11(13,14)15;/h2-4,16H,5-6H2,1H3,(H,17,18);1H. The van der Waals surface area contributed by atoms with E-state index in [4.69, 9.17) is 0 Å². The van der Waals surface area contributed by atoms with Gasteiger partial charge in [-0.1, -0.05) is 6.07 Å². The van der Waals surface area contributed by atoms with E-state index in [2.05, 4.69) is 10.6 Å². The highest BCUT2D eigenvalue weighted by atomic mass is 35.5. The van der Waals surface area contributed by atoms with Crippen molar-refractivity contribution in [2.45, 2.75) is 6.18 Å². The highest BCUT2D eigenvalue weighted by molar-refractivity contribution is 5.94. The molecule has 8 heteroatoms. The summed E-state index contributed by atoms with van der Waals surface area (Å²) in [6, 6.07) is 2.61. The smallest absolute Gasteiger partial charge is 0.351 e. The summed E-state index contributed by atoms with van der Waals surface area (Å²) in [5, 5.41) is 5.05. The summed E-state index contributed by atoms with van der Waals surface area (Å²) in [6.07, 6.45) is -4.81. The lowest BCUT2D eigenvalue weighted by Gasteiger charge is -2.11. The number of likely N-dealkylation sites (N-methyl/N-ethyl adjacent to an activating group) is 1. The molecule has 0 bridgehead atoms. The van der Waals surface area contributed by atoms with Crippen molar-refractivity contribution in [1.82, 2.24) is 10.6 Å². The lowest BCUT2D eigenvalue weighted by molar-refractivity contribution is -0.140. The molecule has 19 heavy (non-hydrogen) atoms. The Balaban J connectivity index is 0.00000324. The van der Waals surface area contributed by atoms with E-state index in [-0.39, 0.29) is 19.0 Å². The van der Waals surface area contributed by atoms with Gasteiger partial charge in [-0.05, 0) is 19.2 Å². The normalized spacial score (nSPS) is 10.8. The molecule has 0 radical (unpaired) electrons. The first kappa shape index (κ1) is 17.7. The number of nitrogens with one attached hydrogen (secondary N) is 2. The van der Waals surface area contributed by atoms with Crippen LogP contribution in [0.15, 0.2) is 18.2 Å². The van der Waals surface area contributed by atoms with Crippen LogP contribution in [-0.4, -0.2) is 26.0 Å². The second-order valence-corrected chi connectivity index (χ2v) is 3.52. The summed E-state index contributed by atoms with van der Waals surface area (Å²) in [7, 11) is 1.65. The highest BCUT2D eigenvalue weighted by Crippen LogP contribution is 2.32. The molecule has 1 rings (SSSR count). The number of amides is 1. The Kier molecular flexibility index (Phi) is 6.78. The van der Waals surface area contributed by atoms with E-state index in [1.165, 1.54) is 0 Å². The third-order valence-corrected chi connectivity index (χ3v) is 2.21. The molecular weight excluding hydrogens is 288 g/mol. The van der Waals surface area contributed by atoms with Crippen molar-refractivity contribution < 1.29 is 22.4 Å². The molecule has 108 valence electrons. The summed E-state index contributed by atoms with van der Waals surface area (Å²) in [6.45, 7) is 0.636. The molecule has 0 aliphatic rings. The van der Waals surface area contributed by atoms with Gasteiger partial charge in [0.1, 0.15) is 5.82 Å². The van der Waals surface area contributed by atoms with Crippen molar-refractivity contribution in [2.75, 3.05) is 20.1 Å². The third-order valence-electron chi connectivity index (χ3n) is 2.21. The van der Waals surface area contributed by atoms with Crippen molar-refractivity contribution in [1.29, 1.82) is 0 Å². The first-order valence-corrected chi connectivity index (χ1v) is 5.16. The molecule has 3 nitrogen and oxygen atoms in total. The van der Waals surface area contributed by atoms with Crippen LogP contribution in [0, 0.1) is 5.82 Å². The summed E-state index contributed by atoms with van der Waals surface area (Å²) in [5.41, 5.74) is -2.05. The summed E-state index contributed by atoms with van der Waals surface area (Å²) < 4.78 is 50.8. The topological polar surface area (TPSA) is 41.1 Å². The number of hydrogen-bond acceptors (Lipinski definition) is 2. The monoisotopic (exact) mass is 300 g/mol. The molecule has 0 unspecified atom stereocenters. The zero-order chi connectivity index (χ0) is 13.8. The molecule has 2 N–H and O–H groups in total. The Morgan fingerprint density at radius 1 is 1.26 bits per heavy atom. The molecule has 0 atom stereocenters. The summed E-state index contributed by atoms with van der Waals surface area (Å²) in [4.78, 5) is 11.5. The molecule has 0 aliphatic heterocycles. The molecule has 0 spiro atoms. The number of benzene rings is 1. The Labute approximate surface area is 113 Å². The van der Waals surface area contributed by atoms with Gasteiger partial charge in [-0.25, -0.2) is 4.39 Å². The average Bonchev–Trinajstić information content (AvgIpc) is 2.28. The molecule has 0 heterocycles. The van der Waals surface area contributed by atoms with Gasteiger partial charge in [0.25, 0.3) is 5.91 Å². The second kappa shape index (κ2) is 7.30. The van der Waals surface area contributed by atoms with Crippen LogP contribution in [0.1, 0.15) is 15.9 Å². The molecule has 1 amide bonds. The van der Waals surface area contributed by atoms with Crippen LogP contribution in [0.3, 0.4) is 0 Å². The second-order valence-electron chi connectivity index (χ2n) is 3.52. The molecule has 1 aromatic rings. The number of carbonyl (C=O) groups is 1.